The lowest BCUT2D eigenvalue weighted by Crippen LogP contribution is -2.26. The van der Waals surface area contributed by atoms with Crippen molar-refractivity contribution in [1.82, 2.24) is 4.90 Å². The molecule has 0 aliphatic carbocycles. The quantitative estimate of drug-likeness (QED) is 0.390. The Labute approximate surface area is 149 Å². The van der Waals surface area contributed by atoms with Crippen LogP contribution in [0, 0.1) is 9.02 Å². The zero-order chi connectivity index (χ0) is 17.4. The van der Waals surface area contributed by atoms with E-state index in [1.807, 2.05) is 33.8 Å². The fraction of sp³-hybridized carbons (Fsp3) is 0.778. The Bertz CT molecular complexity index is 403. The zero-order valence-electron chi connectivity index (χ0n) is 15.5. The molecule has 1 aromatic rings. The Balaban J connectivity index is 0. The summed E-state index contributed by atoms with van der Waals surface area (Å²) in [6.07, 6.45) is 4.93. The maximum atomic E-state index is 5.14. The van der Waals surface area contributed by atoms with E-state index in [2.05, 4.69) is 24.1 Å². The van der Waals surface area contributed by atoms with Gasteiger partial charge in [-0.1, -0.05) is 66.0 Å². The van der Waals surface area contributed by atoms with Crippen molar-refractivity contribution >= 4 is 30.1 Å². The molecule has 0 spiro atoms. The van der Waals surface area contributed by atoms with Gasteiger partial charge in [0.2, 0.25) is 0 Å². The summed E-state index contributed by atoms with van der Waals surface area (Å²) in [6, 6.07) is 1.96. The molecule has 0 unspecified atom stereocenters. The molecule has 0 atom stereocenters. The minimum absolute atomic E-state index is 0.824. The van der Waals surface area contributed by atoms with Gasteiger partial charge >= 0.3 is 0 Å². The molecule has 0 fully saturated rings. The molecule has 0 heterocycles. The van der Waals surface area contributed by atoms with Crippen molar-refractivity contribution < 1.29 is 0 Å². The summed E-state index contributed by atoms with van der Waals surface area (Å²) < 4.78 is 1.66. The Hall–Kier alpha value is -0.320. The molecule has 22 heavy (non-hydrogen) atoms. The van der Waals surface area contributed by atoms with Crippen LogP contribution >= 0.6 is 24.4 Å². The first-order chi connectivity index (χ1) is 10.7. The number of hydrogen-bond acceptors (Lipinski definition) is 4. The average Bonchev–Trinajstić information content (AvgIpc) is 2.57. The Morgan fingerprint density at radius 2 is 1.45 bits per heavy atom. The van der Waals surface area contributed by atoms with Crippen LogP contribution in [0.4, 0.5) is 5.69 Å². The summed E-state index contributed by atoms with van der Waals surface area (Å²) in [5.41, 5.74) is 1.06. The van der Waals surface area contributed by atoms with Crippen LogP contribution < -0.4 is 5.32 Å². The van der Waals surface area contributed by atoms with E-state index in [-0.39, 0.29) is 0 Å². The molecule has 2 nitrogen and oxygen atoms in total. The molecule has 0 aliphatic rings. The Kier molecular flexibility index (Phi) is 18.5. The van der Waals surface area contributed by atoms with E-state index < -0.39 is 0 Å². The summed E-state index contributed by atoms with van der Waals surface area (Å²) >= 11 is 10.1. The van der Waals surface area contributed by atoms with Crippen LogP contribution in [-0.4, -0.2) is 31.1 Å². The van der Waals surface area contributed by atoms with E-state index in [1.165, 1.54) is 45.3 Å². The lowest BCUT2D eigenvalue weighted by atomic mass is 10.2. The summed E-state index contributed by atoms with van der Waals surface area (Å²) in [7, 11) is 0. The van der Waals surface area contributed by atoms with Gasteiger partial charge < -0.3 is 10.2 Å². The average molecular weight is 345 g/mol. The van der Waals surface area contributed by atoms with Crippen molar-refractivity contribution in [1.29, 1.82) is 0 Å². The Morgan fingerprint density at radius 1 is 0.909 bits per heavy atom. The molecule has 0 aliphatic heterocycles. The largest absolute Gasteiger partial charge is 0.384 e. The van der Waals surface area contributed by atoms with Gasteiger partial charge in [-0.2, -0.15) is 0 Å². The first-order valence-electron chi connectivity index (χ1n) is 8.95. The predicted octanol–water partition coefficient (Wildman–Crippen LogP) is 6.39. The summed E-state index contributed by atoms with van der Waals surface area (Å²) in [4.78, 5) is 2.56. The van der Waals surface area contributed by atoms with Crippen LogP contribution in [-0.2, 0) is 0 Å². The first kappa shape index (κ1) is 23.9. The van der Waals surface area contributed by atoms with E-state index in [0.29, 0.717) is 0 Å². The lowest BCUT2D eigenvalue weighted by molar-refractivity contribution is 0.270. The molecule has 0 bridgehead atoms. The van der Waals surface area contributed by atoms with Gasteiger partial charge in [-0.25, -0.2) is 0 Å². The minimum atomic E-state index is 0.824. The molecule has 1 N–H and O–H groups in total. The van der Waals surface area contributed by atoms with Crippen molar-refractivity contribution in [3.63, 3.8) is 0 Å². The number of rotatable bonds is 10. The van der Waals surface area contributed by atoms with Crippen molar-refractivity contribution in [2.75, 3.05) is 31.5 Å². The second-order valence-corrected chi connectivity index (χ2v) is 5.57. The van der Waals surface area contributed by atoms with Crippen LogP contribution in [0.1, 0.15) is 67.2 Å². The zero-order valence-corrected chi connectivity index (χ0v) is 17.1. The van der Waals surface area contributed by atoms with Crippen molar-refractivity contribution in [2.24, 2.45) is 0 Å². The lowest BCUT2D eigenvalue weighted by Gasteiger charge is -2.20. The summed E-state index contributed by atoms with van der Waals surface area (Å²) in [6.45, 7) is 17.2. The molecule has 4 heteroatoms. The third-order valence-corrected chi connectivity index (χ3v) is 3.93. The molecule has 0 radical (unpaired) electrons. The van der Waals surface area contributed by atoms with Crippen LogP contribution in [0.5, 0.6) is 0 Å². The number of nitrogens with one attached hydrogen (secondary N) is 1. The second kappa shape index (κ2) is 17.0. The van der Waals surface area contributed by atoms with Gasteiger partial charge in [0.15, 0.2) is 0 Å². The predicted molar refractivity (Wildman–Crippen MR) is 108 cm³/mol. The van der Waals surface area contributed by atoms with E-state index in [1.54, 1.807) is 0 Å². The van der Waals surface area contributed by atoms with Crippen LogP contribution in [0.2, 0.25) is 0 Å². The number of hydrogen-bond donors (Lipinski definition) is 1. The van der Waals surface area contributed by atoms with Crippen molar-refractivity contribution in [3.8, 4) is 0 Å². The molecular weight excluding hydrogens is 308 g/mol. The molecule has 1 aromatic carbocycles. The standard InChI is InChI=1S/C14H24N2S2.2C2H6/c1-3-8-16(9-4-2)10-6-5-7-15-12-11-13(17)14(12)18;2*1-2/h11,15H,3-10H2,1-2H3;2*1-2H3. The number of nitrogens with zero attached hydrogens (tertiary/aromatic N) is 1. The number of unbranched alkanes of at least 4 members (excludes halogenated alkanes) is 1. The van der Waals surface area contributed by atoms with Gasteiger partial charge in [-0.3, -0.25) is 0 Å². The third-order valence-electron chi connectivity index (χ3n) is 3.04. The molecule has 0 saturated carbocycles. The van der Waals surface area contributed by atoms with E-state index >= 15 is 0 Å². The molecule has 0 saturated heterocycles. The summed E-state index contributed by atoms with van der Waals surface area (Å²) in [5.74, 6) is 0. The second-order valence-electron chi connectivity index (χ2n) is 4.73. The highest BCUT2D eigenvalue weighted by Gasteiger charge is 2.03. The molecule has 0 aromatic heterocycles. The fourth-order valence-corrected chi connectivity index (χ4v) is 2.52. The van der Waals surface area contributed by atoms with Crippen LogP contribution in [0.3, 0.4) is 0 Å². The normalized spacial score (nSPS) is 9.77. The summed E-state index contributed by atoms with van der Waals surface area (Å²) in [5, 5.41) is 3.35. The van der Waals surface area contributed by atoms with E-state index in [4.69, 9.17) is 24.4 Å². The Morgan fingerprint density at radius 3 is 1.86 bits per heavy atom. The maximum Gasteiger partial charge on any atom is 0.0790 e. The fourth-order valence-electron chi connectivity index (χ4n) is 2.10. The van der Waals surface area contributed by atoms with Crippen LogP contribution in [0.25, 0.3) is 0 Å². The minimum Gasteiger partial charge on any atom is -0.384 e. The molecule has 0 amide bonds. The van der Waals surface area contributed by atoms with Crippen molar-refractivity contribution in [3.05, 3.63) is 15.1 Å². The van der Waals surface area contributed by atoms with E-state index in [0.717, 1.165) is 21.3 Å². The van der Waals surface area contributed by atoms with Gasteiger partial charge in [0.1, 0.15) is 0 Å². The smallest absolute Gasteiger partial charge is 0.0790 e. The third kappa shape index (κ3) is 10.4. The number of anilines is 1. The van der Waals surface area contributed by atoms with Gasteiger partial charge in [-0.15, -0.1) is 0 Å². The van der Waals surface area contributed by atoms with Gasteiger partial charge in [0.25, 0.3) is 0 Å². The van der Waals surface area contributed by atoms with E-state index in [9.17, 15) is 0 Å². The molecule has 1 rings (SSSR count). The van der Waals surface area contributed by atoms with Crippen molar-refractivity contribution in [2.45, 2.75) is 67.2 Å². The highest BCUT2D eigenvalue weighted by molar-refractivity contribution is 7.74. The van der Waals surface area contributed by atoms with Gasteiger partial charge in [0.05, 0.1) is 14.7 Å². The molecular formula is C18H36N2S2. The topological polar surface area (TPSA) is 15.3 Å². The highest BCUT2D eigenvalue weighted by Crippen LogP contribution is 2.17. The molecule has 130 valence electrons. The van der Waals surface area contributed by atoms with Gasteiger partial charge in [0, 0.05) is 6.54 Å². The SMILES string of the molecule is CC.CC.CCCN(CCC)CCCCNc1cc(=S)c1=S. The van der Waals surface area contributed by atoms with Crippen LogP contribution in [0.15, 0.2) is 6.07 Å². The highest BCUT2D eigenvalue weighted by atomic mass is 32.1. The van der Waals surface area contributed by atoms with Gasteiger partial charge in [-0.05, 0) is 51.4 Å². The monoisotopic (exact) mass is 344 g/mol. The maximum absolute atomic E-state index is 5.14. The first-order valence-corrected chi connectivity index (χ1v) is 9.77.